The van der Waals surface area contributed by atoms with Gasteiger partial charge in [0.2, 0.25) is 5.91 Å². The minimum Gasteiger partial charge on any atom is -0.403 e. The highest BCUT2D eigenvalue weighted by Crippen LogP contribution is 2.22. The number of carbonyl (C=O) groups excluding carboxylic acids is 1. The monoisotopic (exact) mass is 300 g/mol. The van der Waals surface area contributed by atoms with Crippen LogP contribution in [-0.4, -0.2) is 18.7 Å². The van der Waals surface area contributed by atoms with Crippen LogP contribution in [0, 0.1) is 5.92 Å². The summed E-state index contributed by atoms with van der Waals surface area (Å²) in [5.41, 5.74) is 15.2. The van der Waals surface area contributed by atoms with Gasteiger partial charge in [0.05, 0.1) is 11.4 Å². The van der Waals surface area contributed by atoms with Crippen LogP contribution in [0.1, 0.15) is 43.4 Å². The molecule has 118 valence electrons. The van der Waals surface area contributed by atoms with Crippen molar-refractivity contribution in [1.29, 1.82) is 0 Å². The minimum atomic E-state index is -0.0852. The first kappa shape index (κ1) is 16.2. The summed E-state index contributed by atoms with van der Waals surface area (Å²) in [6.07, 6.45) is 3.97. The number of fused-ring (bicyclic) bond motifs is 2. The molecule has 5 N–H and O–H groups in total. The summed E-state index contributed by atoms with van der Waals surface area (Å²) in [4.78, 5) is 16.6. The van der Waals surface area contributed by atoms with Crippen molar-refractivity contribution in [1.82, 2.24) is 5.32 Å². The minimum absolute atomic E-state index is 0.0296. The first-order valence-electron chi connectivity index (χ1n) is 7.62. The summed E-state index contributed by atoms with van der Waals surface area (Å²) >= 11 is 0. The zero-order chi connectivity index (χ0) is 16.1. The van der Waals surface area contributed by atoms with Crippen molar-refractivity contribution in [2.45, 2.75) is 32.2 Å². The molecule has 2 bridgehead atoms. The van der Waals surface area contributed by atoms with Crippen LogP contribution >= 0.6 is 0 Å². The average molecular weight is 300 g/mol. The van der Waals surface area contributed by atoms with E-state index in [1.165, 1.54) is 6.20 Å². The molecule has 1 amide bonds. The third-order valence-corrected chi connectivity index (χ3v) is 4.09. The van der Waals surface area contributed by atoms with E-state index in [0.717, 1.165) is 30.4 Å². The number of rotatable bonds is 0. The smallest absolute Gasteiger partial charge is 0.227 e. The number of nitrogens with two attached hydrogens (primary N) is 2. The van der Waals surface area contributed by atoms with Crippen LogP contribution in [-0.2, 0) is 4.79 Å². The summed E-state index contributed by atoms with van der Waals surface area (Å²) in [6.45, 7) is 1.92. The Hall–Kier alpha value is -2.14. The normalized spacial score (nSPS) is 27.1. The molecule has 1 aromatic rings. The molecule has 0 fully saturated rings. The summed E-state index contributed by atoms with van der Waals surface area (Å²) in [7, 11) is 1.69. The molecular formula is C17H24N4O. The van der Waals surface area contributed by atoms with Gasteiger partial charge in [0.25, 0.3) is 0 Å². The number of amides is 1. The Morgan fingerprint density at radius 3 is 2.82 bits per heavy atom. The number of aliphatic imine (C=N–C) groups is 1. The summed E-state index contributed by atoms with van der Waals surface area (Å²) in [6, 6.07) is 7.93. The fourth-order valence-corrected chi connectivity index (χ4v) is 2.70. The van der Waals surface area contributed by atoms with Crippen LogP contribution in [0.15, 0.2) is 41.2 Å². The van der Waals surface area contributed by atoms with E-state index in [9.17, 15) is 4.79 Å². The quantitative estimate of drug-likeness (QED) is 0.682. The van der Waals surface area contributed by atoms with Crippen LogP contribution in [0.2, 0.25) is 0 Å². The Kier molecular flexibility index (Phi) is 5.33. The molecule has 0 saturated heterocycles. The molecule has 2 rings (SSSR count). The lowest BCUT2D eigenvalue weighted by atomic mass is 9.94. The van der Waals surface area contributed by atoms with Gasteiger partial charge in [0.1, 0.15) is 0 Å². The Bertz CT molecular complexity index is 606. The van der Waals surface area contributed by atoms with E-state index >= 15 is 0 Å². The van der Waals surface area contributed by atoms with E-state index in [2.05, 4.69) is 10.3 Å². The van der Waals surface area contributed by atoms with Crippen molar-refractivity contribution in [2.75, 3.05) is 7.05 Å². The predicted molar refractivity (Wildman–Crippen MR) is 89.3 cm³/mol. The van der Waals surface area contributed by atoms with E-state index in [1.807, 2.05) is 31.2 Å². The van der Waals surface area contributed by atoms with Gasteiger partial charge in [-0.3, -0.25) is 9.79 Å². The second-order valence-corrected chi connectivity index (χ2v) is 5.71. The molecule has 0 spiro atoms. The van der Waals surface area contributed by atoms with Gasteiger partial charge >= 0.3 is 0 Å². The molecule has 0 radical (unpaired) electrons. The number of nitrogens with one attached hydrogen (secondary N) is 1. The molecule has 0 aromatic heterocycles. The van der Waals surface area contributed by atoms with Gasteiger partial charge < -0.3 is 16.8 Å². The maximum absolute atomic E-state index is 12.3. The number of nitrogens with zero attached hydrogens (tertiary/aromatic N) is 1. The van der Waals surface area contributed by atoms with Gasteiger partial charge in [-0.05, 0) is 24.5 Å². The van der Waals surface area contributed by atoms with Crippen molar-refractivity contribution in [3.05, 3.63) is 47.3 Å². The molecule has 22 heavy (non-hydrogen) atoms. The summed E-state index contributed by atoms with van der Waals surface area (Å²) < 4.78 is 0. The van der Waals surface area contributed by atoms with Gasteiger partial charge in [0, 0.05) is 30.8 Å². The highest BCUT2D eigenvalue weighted by Gasteiger charge is 2.19. The molecule has 1 heterocycles. The Morgan fingerprint density at radius 2 is 2.14 bits per heavy atom. The van der Waals surface area contributed by atoms with Crippen LogP contribution < -0.4 is 16.8 Å². The number of hydrogen-bond donors (Lipinski definition) is 3. The van der Waals surface area contributed by atoms with E-state index in [4.69, 9.17) is 11.5 Å². The molecule has 1 unspecified atom stereocenters. The molecule has 1 aliphatic rings. The second kappa shape index (κ2) is 7.22. The number of benzene rings is 1. The van der Waals surface area contributed by atoms with Crippen molar-refractivity contribution in [3.8, 4) is 0 Å². The fraction of sp³-hybridized carbons (Fsp3) is 0.412. The molecule has 2 atom stereocenters. The largest absolute Gasteiger partial charge is 0.403 e. The third kappa shape index (κ3) is 3.54. The SMILES string of the molecule is CN=C1C(=CN)NC(=O)C(C)CCC[C@H](N)c2cccc1c2. The molecule has 0 saturated carbocycles. The van der Waals surface area contributed by atoms with Crippen LogP contribution in [0.3, 0.4) is 0 Å². The average Bonchev–Trinajstić information content (AvgIpc) is 2.53. The summed E-state index contributed by atoms with van der Waals surface area (Å²) in [5, 5.41) is 2.89. The number of allylic oxidation sites excluding steroid dienone is 1. The Morgan fingerprint density at radius 1 is 1.36 bits per heavy atom. The van der Waals surface area contributed by atoms with Crippen molar-refractivity contribution < 1.29 is 4.79 Å². The Labute approximate surface area is 131 Å². The highest BCUT2D eigenvalue weighted by atomic mass is 16.1. The second-order valence-electron chi connectivity index (χ2n) is 5.71. The van der Waals surface area contributed by atoms with Crippen molar-refractivity contribution in [2.24, 2.45) is 22.4 Å². The highest BCUT2D eigenvalue weighted by molar-refractivity contribution is 6.14. The topological polar surface area (TPSA) is 93.5 Å². The maximum Gasteiger partial charge on any atom is 0.227 e. The van der Waals surface area contributed by atoms with Crippen LogP contribution in [0.5, 0.6) is 0 Å². The lowest BCUT2D eigenvalue weighted by Crippen LogP contribution is -2.33. The van der Waals surface area contributed by atoms with Gasteiger partial charge in [-0.15, -0.1) is 0 Å². The maximum atomic E-state index is 12.3. The summed E-state index contributed by atoms with van der Waals surface area (Å²) in [5.74, 6) is -0.124. The van der Waals surface area contributed by atoms with Gasteiger partial charge in [-0.1, -0.05) is 31.5 Å². The molecule has 1 aliphatic heterocycles. The van der Waals surface area contributed by atoms with E-state index in [-0.39, 0.29) is 17.9 Å². The zero-order valence-corrected chi connectivity index (χ0v) is 13.2. The fourth-order valence-electron chi connectivity index (χ4n) is 2.70. The number of carbonyl (C=O) groups is 1. The molecule has 0 aliphatic carbocycles. The van der Waals surface area contributed by atoms with Gasteiger partial charge in [-0.25, -0.2) is 0 Å². The predicted octanol–water partition coefficient (Wildman–Crippen LogP) is 1.84. The standard InChI is InChI=1S/C17H24N4O/c1-11-5-3-8-14(19)12-6-4-7-13(9-12)16(20-2)15(10-18)21-17(11)22/h4,6-7,9-11,14H,3,5,8,18-19H2,1-2H3,(H,21,22)/t11?,14-/m0/s1. The van der Waals surface area contributed by atoms with Gasteiger partial charge in [0.15, 0.2) is 0 Å². The number of hydrogen-bond acceptors (Lipinski definition) is 4. The third-order valence-electron chi connectivity index (χ3n) is 4.09. The lowest BCUT2D eigenvalue weighted by molar-refractivity contribution is -0.123. The molecule has 5 heteroatoms. The van der Waals surface area contributed by atoms with E-state index in [1.54, 1.807) is 7.05 Å². The van der Waals surface area contributed by atoms with E-state index in [0.29, 0.717) is 11.4 Å². The zero-order valence-electron chi connectivity index (χ0n) is 13.2. The molecular weight excluding hydrogens is 276 g/mol. The van der Waals surface area contributed by atoms with Crippen LogP contribution in [0.25, 0.3) is 0 Å². The van der Waals surface area contributed by atoms with Crippen LogP contribution in [0.4, 0.5) is 0 Å². The first-order valence-corrected chi connectivity index (χ1v) is 7.62. The first-order chi connectivity index (χ1) is 10.6. The van der Waals surface area contributed by atoms with E-state index < -0.39 is 0 Å². The molecule has 1 aromatic carbocycles. The lowest BCUT2D eigenvalue weighted by Gasteiger charge is -2.20. The molecule has 5 nitrogen and oxygen atoms in total. The van der Waals surface area contributed by atoms with Gasteiger partial charge in [-0.2, -0.15) is 0 Å². The Balaban J connectivity index is 2.47. The van der Waals surface area contributed by atoms with Crippen molar-refractivity contribution in [3.63, 3.8) is 0 Å². The van der Waals surface area contributed by atoms with Crippen molar-refractivity contribution >= 4 is 11.6 Å².